The monoisotopic (exact) mass is 264 g/mol. The number of nitrogens with one attached hydrogen (secondary N) is 1. The van der Waals surface area contributed by atoms with Gasteiger partial charge in [0.1, 0.15) is 5.82 Å². The van der Waals surface area contributed by atoms with Gasteiger partial charge in [-0.15, -0.1) is 0 Å². The molecule has 0 spiro atoms. The number of nitrogens with zero attached hydrogens (tertiary/aromatic N) is 1. The Balaban J connectivity index is 2.59. The van der Waals surface area contributed by atoms with Crippen LogP contribution in [0, 0.1) is 5.92 Å². The van der Waals surface area contributed by atoms with Crippen LogP contribution in [0.2, 0.25) is 0 Å². The highest BCUT2D eigenvalue weighted by Gasteiger charge is 2.21. The first-order chi connectivity index (χ1) is 8.60. The molecule has 0 aliphatic carbocycles. The molecule has 0 saturated carbocycles. The van der Waals surface area contributed by atoms with Gasteiger partial charge in [-0.1, -0.05) is 40.7 Å². The first kappa shape index (κ1) is 16.0. The van der Waals surface area contributed by atoms with Crippen molar-refractivity contribution in [2.75, 3.05) is 11.9 Å². The lowest BCUT2D eigenvalue weighted by Gasteiger charge is -2.26. The zero-order valence-corrected chi connectivity index (χ0v) is 13.1. The molecule has 3 heteroatoms. The maximum absolute atomic E-state index is 10.2. The highest BCUT2D eigenvalue weighted by Crippen LogP contribution is 2.22. The van der Waals surface area contributed by atoms with Crippen LogP contribution in [0.4, 0.5) is 5.82 Å². The largest absolute Gasteiger partial charge is 0.388 e. The van der Waals surface area contributed by atoms with E-state index in [1.54, 1.807) is 0 Å². The fourth-order valence-electron chi connectivity index (χ4n) is 2.17. The van der Waals surface area contributed by atoms with E-state index in [1.807, 2.05) is 19.2 Å². The Hall–Kier alpha value is -1.09. The summed E-state index contributed by atoms with van der Waals surface area (Å²) in [7, 11) is 0. The summed E-state index contributed by atoms with van der Waals surface area (Å²) < 4.78 is 0. The Bertz CT molecular complexity index is 388. The molecule has 1 rings (SSSR count). The molecule has 19 heavy (non-hydrogen) atoms. The van der Waals surface area contributed by atoms with E-state index in [0.29, 0.717) is 12.5 Å². The van der Waals surface area contributed by atoms with E-state index in [2.05, 4.69) is 51.0 Å². The molecule has 0 amide bonds. The molecule has 1 heterocycles. The number of rotatable bonds is 5. The number of hydrogen-bond acceptors (Lipinski definition) is 3. The third kappa shape index (κ3) is 5.60. The summed E-state index contributed by atoms with van der Waals surface area (Å²) in [5, 5.41) is 13.4. The summed E-state index contributed by atoms with van der Waals surface area (Å²) in [4.78, 5) is 4.41. The van der Waals surface area contributed by atoms with Crippen molar-refractivity contribution in [1.29, 1.82) is 0 Å². The van der Waals surface area contributed by atoms with E-state index in [-0.39, 0.29) is 5.41 Å². The molecule has 0 fully saturated rings. The molecule has 1 unspecified atom stereocenters. The molecule has 1 atom stereocenters. The van der Waals surface area contributed by atoms with E-state index in [4.69, 9.17) is 0 Å². The van der Waals surface area contributed by atoms with Crippen molar-refractivity contribution >= 4 is 5.82 Å². The Morgan fingerprint density at radius 1 is 1.21 bits per heavy atom. The second kappa shape index (κ2) is 5.91. The topological polar surface area (TPSA) is 45.1 Å². The van der Waals surface area contributed by atoms with Crippen molar-refractivity contribution in [3.8, 4) is 0 Å². The normalized spacial score (nSPS) is 15.4. The van der Waals surface area contributed by atoms with Gasteiger partial charge in [-0.3, -0.25) is 0 Å². The van der Waals surface area contributed by atoms with E-state index in [9.17, 15) is 5.11 Å². The van der Waals surface area contributed by atoms with Crippen molar-refractivity contribution in [3.05, 3.63) is 23.9 Å². The summed E-state index contributed by atoms with van der Waals surface area (Å²) in [5.74, 6) is 1.30. The Morgan fingerprint density at radius 3 is 2.26 bits per heavy atom. The number of aromatic nitrogens is 1. The molecule has 1 aromatic heterocycles. The molecule has 3 nitrogen and oxygen atoms in total. The molecule has 1 aromatic rings. The zero-order valence-electron chi connectivity index (χ0n) is 13.1. The second-order valence-corrected chi connectivity index (χ2v) is 7.13. The van der Waals surface area contributed by atoms with Crippen LogP contribution >= 0.6 is 0 Å². The van der Waals surface area contributed by atoms with Crippen molar-refractivity contribution in [2.45, 2.75) is 59.0 Å². The van der Waals surface area contributed by atoms with Crippen molar-refractivity contribution in [2.24, 2.45) is 5.92 Å². The third-order valence-corrected chi connectivity index (χ3v) is 3.13. The number of anilines is 1. The molecular formula is C16H28N2O. The van der Waals surface area contributed by atoms with E-state index < -0.39 is 5.60 Å². The summed E-state index contributed by atoms with van der Waals surface area (Å²) >= 11 is 0. The van der Waals surface area contributed by atoms with Gasteiger partial charge >= 0.3 is 0 Å². The van der Waals surface area contributed by atoms with Crippen molar-refractivity contribution < 1.29 is 5.11 Å². The first-order valence-corrected chi connectivity index (χ1v) is 7.03. The van der Waals surface area contributed by atoms with Gasteiger partial charge in [-0.25, -0.2) is 4.98 Å². The summed E-state index contributed by atoms with van der Waals surface area (Å²) in [5.41, 5.74) is 0.639. The zero-order chi connectivity index (χ0) is 14.7. The van der Waals surface area contributed by atoms with Crippen molar-refractivity contribution in [3.63, 3.8) is 0 Å². The van der Waals surface area contributed by atoms with Gasteiger partial charge in [-0.05, 0) is 36.3 Å². The smallest absolute Gasteiger partial charge is 0.125 e. The highest BCUT2D eigenvalue weighted by molar-refractivity contribution is 5.37. The predicted octanol–water partition coefficient (Wildman–Crippen LogP) is 3.59. The summed E-state index contributed by atoms with van der Waals surface area (Å²) in [6.45, 7) is 13.1. The number of aliphatic hydroxyl groups is 1. The maximum atomic E-state index is 10.2. The van der Waals surface area contributed by atoms with Gasteiger partial charge < -0.3 is 10.4 Å². The van der Waals surface area contributed by atoms with Gasteiger partial charge in [0.2, 0.25) is 0 Å². The Morgan fingerprint density at radius 2 is 1.84 bits per heavy atom. The van der Waals surface area contributed by atoms with Crippen LogP contribution in [0.3, 0.4) is 0 Å². The minimum Gasteiger partial charge on any atom is -0.388 e. The highest BCUT2D eigenvalue weighted by atomic mass is 16.3. The van der Waals surface area contributed by atoms with E-state index in [0.717, 1.165) is 12.2 Å². The predicted molar refractivity (Wildman–Crippen MR) is 81.5 cm³/mol. The van der Waals surface area contributed by atoms with E-state index >= 15 is 0 Å². The van der Waals surface area contributed by atoms with Crippen LogP contribution in [0.25, 0.3) is 0 Å². The SMILES string of the molecule is CC(C)CC(C)(O)CNc1ccc(C(C)(C)C)cn1. The van der Waals surface area contributed by atoms with Crippen LogP contribution in [-0.2, 0) is 5.41 Å². The van der Waals surface area contributed by atoms with Crippen LogP contribution in [0.5, 0.6) is 0 Å². The van der Waals surface area contributed by atoms with Gasteiger partial charge in [0.25, 0.3) is 0 Å². The molecule has 2 N–H and O–H groups in total. The fourth-order valence-corrected chi connectivity index (χ4v) is 2.17. The Kier molecular flexibility index (Phi) is 4.97. The van der Waals surface area contributed by atoms with Crippen LogP contribution in [0.15, 0.2) is 18.3 Å². The fraction of sp³-hybridized carbons (Fsp3) is 0.688. The van der Waals surface area contributed by atoms with Gasteiger partial charge in [-0.2, -0.15) is 0 Å². The van der Waals surface area contributed by atoms with Gasteiger partial charge in [0.15, 0.2) is 0 Å². The third-order valence-electron chi connectivity index (χ3n) is 3.13. The minimum atomic E-state index is -0.696. The maximum Gasteiger partial charge on any atom is 0.125 e. The molecular weight excluding hydrogens is 236 g/mol. The van der Waals surface area contributed by atoms with E-state index in [1.165, 1.54) is 5.56 Å². The lowest BCUT2D eigenvalue weighted by molar-refractivity contribution is 0.0515. The van der Waals surface area contributed by atoms with Crippen LogP contribution < -0.4 is 5.32 Å². The number of hydrogen-bond donors (Lipinski definition) is 2. The van der Waals surface area contributed by atoms with Crippen molar-refractivity contribution in [1.82, 2.24) is 4.98 Å². The molecule has 0 bridgehead atoms. The summed E-state index contributed by atoms with van der Waals surface area (Å²) in [6.07, 6.45) is 2.68. The quantitative estimate of drug-likeness (QED) is 0.854. The van der Waals surface area contributed by atoms with Crippen LogP contribution in [-0.4, -0.2) is 22.2 Å². The van der Waals surface area contributed by atoms with Crippen LogP contribution in [0.1, 0.15) is 53.5 Å². The first-order valence-electron chi connectivity index (χ1n) is 7.03. The van der Waals surface area contributed by atoms with Gasteiger partial charge in [0.05, 0.1) is 5.60 Å². The van der Waals surface area contributed by atoms with Gasteiger partial charge in [0, 0.05) is 12.7 Å². The molecule has 0 saturated heterocycles. The summed E-state index contributed by atoms with van der Waals surface area (Å²) in [6, 6.07) is 4.07. The Labute approximate surface area is 117 Å². The molecule has 0 radical (unpaired) electrons. The molecule has 0 aliphatic rings. The molecule has 0 aromatic carbocycles. The lowest BCUT2D eigenvalue weighted by atomic mass is 9.88. The molecule has 108 valence electrons. The number of pyridine rings is 1. The average molecular weight is 264 g/mol. The average Bonchev–Trinajstić information content (AvgIpc) is 2.24. The minimum absolute atomic E-state index is 0.120. The lowest BCUT2D eigenvalue weighted by Crippen LogP contribution is -2.35. The molecule has 0 aliphatic heterocycles. The second-order valence-electron chi connectivity index (χ2n) is 7.13. The standard InChI is InChI=1S/C16H28N2O/c1-12(2)9-16(6,19)11-18-14-8-7-13(10-17-14)15(3,4)5/h7-8,10,12,19H,9,11H2,1-6H3,(H,17,18).